The maximum atomic E-state index is 10.6. The number of hydrogen-bond acceptors (Lipinski definition) is 2. The van der Waals surface area contributed by atoms with Crippen molar-refractivity contribution in [3.63, 3.8) is 0 Å². The van der Waals surface area contributed by atoms with Gasteiger partial charge in [0.25, 0.3) is 0 Å². The molecule has 0 aliphatic heterocycles. The van der Waals surface area contributed by atoms with Gasteiger partial charge in [0.15, 0.2) is 0 Å². The Labute approximate surface area is 350 Å². The summed E-state index contributed by atoms with van der Waals surface area (Å²) in [6.07, 6.45) is 0. The van der Waals surface area contributed by atoms with Crippen molar-refractivity contribution in [2.24, 2.45) is 0 Å². The van der Waals surface area contributed by atoms with Crippen molar-refractivity contribution in [1.29, 1.82) is 0 Å². The van der Waals surface area contributed by atoms with Gasteiger partial charge in [0.05, 0.1) is 5.78 Å². The average molecular weight is 981 g/mol. The third-order valence-electron chi connectivity index (χ3n) is 7.17. The number of hydrogen-bond donors (Lipinski definition) is 0. The first kappa shape index (κ1) is 48.3. The van der Waals surface area contributed by atoms with Crippen LogP contribution in [0.4, 0.5) is 17.3 Å². The predicted molar refractivity (Wildman–Crippen MR) is 232 cm³/mol. The number of ketones is 2. The SMILES string of the molecule is CC(=O)c1[c-]cccc1.CC(C)=O.F[B-](F)(F)F.[Ir].c1ccc(P(c2ccccc2)c2ccccc2)cc1.c1ccc(P(c2ccccc2)c2ccccc2)cc1. The number of benzene rings is 7. The molecule has 0 bridgehead atoms. The van der Waals surface area contributed by atoms with Crippen molar-refractivity contribution in [2.45, 2.75) is 20.8 Å². The second kappa shape index (κ2) is 26.9. The molecule has 295 valence electrons. The van der Waals surface area contributed by atoms with E-state index in [-0.39, 0.29) is 31.7 Å². The van der Waals surface area contributed by atoms with Crippen LogP contribution < -0.4 is 31.8 Å². The molecule has 0 N–H and O–H groups in total. The van der Waals surface area contributed by atoms with Crippen LogP contribution in [0.25, 0.3) is 0 Å². The number of carbonyl (C=O) groups is 2. The van der Waals surface area contributed by atoms with E-state index in [0.29, 0.717) is 5.56 Å². The summed E-state index contributed by atoms with van der Waals surface area (Å²) in [5.74, 6) is 0.232. The molecule has 0 fully saturated rings. The second-order valence-corrected chi connectivity index (χ2v) is 16.4. The third-order valence-corrected chi connectivity index (χ3v) is 12.1. The van der Waals surface area contributed by atoms with E-state index in [4.69, 9.17) is 0 Å². The van der Waals surface area contributed by atoms with Gasteiger partial charge in [-0.1, -0.05) is 182 Å². The van der Waals surface area contributed by atoms with Gasteiger partial charge in [-0.2, -0.15) is 0 Å². The molecule has 7 rings (SSSR count). The number of Topliss-reactive ketones (excluding diaryl/α,β-unsaturated/α-hetero) is 2. The summed E-state index contributed by atoms with van der Waals surface area (Å²) in [5, 5.41) is 8.39. The fourth-order valence-corrected chi connectivity index (χ4v) is 9.58. The summed E-state index contributed by atoms with van der Waals surface area (Å²) in [5.41, 5.74) is 0.650. The van der Waals surface area contributed by atoms with E-state index in [9.17, 15) is 26.9 Å². The zero-order chi connectivity index (χ0) is 40.6. The van der Waals surface area contributed by atoms with E-state index in [1.165, 1.54) is 52.6 Å². The van der Waals surface area contributed by atoms with Crippen LogP contribution in [0.5, 0.6) is 0 Å². The first-order valence-corrected chi connectivity index (χ1v) is 20.3. The number of rotatable bonds is 7. The monoisotopic (exact) mass is 981 g/mol. The van der Waals surface area contributed by atoms with Crippen LogP contribution in [-0.2, 0) is 24.9 Å². The Hall–Kier alpha value is -4.83. The van der Waals surface area contributed by atoms with Crippen molar-refractivity contribution < 1.29 is 47.0 Å². The van der Waals surface area contributed by atoms with Gasteiger partial charge in [0.1, 0.15) is 5.78 Å². The van der Waals surface area contributed by atoms with E-state index < -0.39 is 23.1 Å². The fraction of sp³-hybridized carbons (Fsp3) is 0.0638. The van der Waals surface area contributed by atoms with Crippen molar-refractivity contribution >= 4 is 66.5 Å². The van der Waals surface area contributed by atoms with Crippen molar-refractivity contribution in [2.75, 3.05) is 0 Å². The van der Waals surface area contributed by atoms with Crippen LogP contribution in [0.15, 0.2) is 206 Å². The van der Waals surface area contributed by atoms with Crippen LogP contribution in [0.2, 0.25) is 0 Å². The maximum Gasteiger partial charge on any atom is 0.673 e. The molecule has 0 spiro atoms. The number of halogens is 4. The van der Waals surface area contributed by atoms with Gasteiger partial charge in [0, 0.05) is 20.1 Å². The molecular formula is C47H43BF4IrO2P2-2. The molecule has 0 aromatic heterocycles. The van der Waals surface area contributed by atoms with Crippen LogP contribution in [0.3, 0.4) is 0 Å². The Kier molecular flexibility index (Phi) is 22.8. The fourth-order valence-electron chi connectivity index (χ4n) is 4.97. The molecule has 0 saturated heterocycles. The molecule has 7 aromatic carbocycles. The Morgan fingerprint density at radius 1 is 0.404 bits per heavy atom. The summed E-state index contributed by atoms with van der Waals surface area (Å²) in [4.78, 5) is 20.1. The van der Waals surface area contributed by atoms with Crippen molar-refractivity contribution in [3.05, 3.63) is 218 Å². The zero-order valence-corrected chi connectivity index (χ0v) is 35.9. The minimum absolute atomic E-state index is 0. The third kappa shape index (κ3) is 19.7. The topological polar surface area (TPSA) is 34.1 Å². The average Bonchev–Trinajstić information content (AvgIpc) is 3.21. The summed E-state index contributed by atoms with van der Waals surface area (Å²) in [6, 6.07) is 74.6. The van der Waals surface area contributed by atoms with Gasteiger partial charge in [0.2, 0.25) is 0 Å². The molecule has 0 atom stereocenters. The standard InChI is InChI=1S/2C18H15P.C8H7O.C3H6O.BF4.Ir/c2*1-4-10-16(11-5-1)19(17-12-6-2-7-13-17)18-14-8-3-9-15-18;1-7(9)8-5-3-2-4-6-8;1-3(2)4;2-1(3,4)5;/h2*1-15H;2-5H,1H3;1-2H3;;/q;;-1;;-1;. The molecule has 0 aliphatic carbocycles. The van der Waals surface area contributed by atoms with Gasteiger partial charge in [-0.05, 0) is 68.4 Å². The Morgan fingerprint density at radius 3 is 0.737 bits per heavy atom. The molecule has 1 radical (unpaired) electrons. The van der Waals surface area contributed by atoms with Gasteiger partial charge < -0.3 is 26.9 Å². The molecule has 0 saturated carbocycles. The summed E-state index contributed by atoms with van der Waals surface area (Å²) < 4.78 is 39.0. The zero-order valence-electron chi connectivity index (χ0n) is 31.8. The molecule has 10 heteroatoms. The van der Waals surface area contributed by atoms with Crippen LogP contribution in [0, 0.1) is 6.07 Å². The molecule has 2 nitrogen and oxygen atoms in total. The summed E-state index contributed by atoms with van der Waals surface area (Å²) in [6.45, 7) is 4.59. The Morgan fingerprint density at radius 2 is 0.596 bits per heavy atom. The molecule has 7 aromatic rings. The molecule has 0 heterocycles. The summed E-state index contributed by atoms with van der Waals surface area (Å²) >= 11 is 0. The smallest absolute Gasteiger partial charge is 0.418 e. The minimum Gasteiger partial charge on any atom is -0.418 e. The van der Waals surface area contributed by atoms with E-state index in [1.807, 2.05) is 12.1 Å². The maximum absolute atomic E-state index is 10.6. The molecule has 0 unspecified atom stereocenters. The van der Waals surface area contributed by atoms with E-state index in [1.54, 1.807) is 12.1 Å². The van der Waals surface area contributed by atoms with Gasteiger partial charge in [-0.25, -0.2) is 0 Å². The normalized spacial score (nSPS) is 9.98. The second-order valence-electron chi connectivity index (χ2n) is 11.9. The van der Waals surface area contributed by atoms with Crippen molar-refractivity contribution in [1.82, 2.24) is 0 Å². The quantitative estimate of drug-likeness (QED) is 0.0524. The van der Waals surface area contributed by atoms with Crippen LogP contribution in [-0.4, -0.2) is 18.8 Å². The summed E-state index contributed by atoms with van der Waals surface area (Å²) in [7, 11) is -6.89. The molecule has 0 aliphatic rings. The van der Waals surface area contributed by atoms with E-state index in [2.05, 4.69) is 188 Å². The van der Waals surface area contributed by atoms with E-state index >= 15 is 0 Å². The molecular weight excluding hydrogens is 937 g/mol. The number of carbonyl (C=O) groups excluding carboxylic acids is 2. The Balaban J connectivity index is 0.000000276. The van der Waals surface area contributed by atoms with Gasteiger partial charge >= 0.3 is 7.25 Å². The first-order chi connectivity index (χ1) is 26.9. The molecule has 57 heavy (non-hydrogen) atoms. The van der Waals surface area contributed by atoms with Gasteiger partial charge in [-0.15, -0.1) is 35.9 Å². The Bertz CT molecular complexity index is 1790. The predicted octanol–water partition coefficient (Wildman–Crippen LogP) is 10.5. The largest absolute Gasteiger partial charge is 0.673 e. The minimum atomic E-state index is -6.00. The molecule has 0 amide bonds. The first-order valence-electron chi connectivity index (χ1n) is 17.7. The van der Waals surface area contributed by atoms with Crippen LogP contribution in [0.1, 0.15) is 31.1 Å². The van der Waals surface area contributed by atoms with Crippen LogP contribution >= 0.6 is 15.8 Å². The van der Waals surface area contributed by atoms with Crippen molar-refractivity contribution in [3.8, 4) is 0 Å². The van der Waals surface area contributed by atoms with Gasteiger partial charge in [-0.3, -0.25) is 0 Å². The van der Waals surface area contributed by atoms with E-state index in [0.717, 1.165) is 0 Å².